The van der Waals surface area contributed by atoms with E-state index in [9.17, 15) is 5.11 Å². The van der Waals surface area contributed by atoms with Gasteiger partial charge in [-0.2, -0.15) is 0 Å². The largest absolute Gasteiger partial charge is 0.390 e. The summed E-state index contributed by atoms with van der Waals surface area (Å²) in [4.78, 5) is 0. The topological polar surface area (TPSA) is 20.2 Å². The zero-order chi connectivity index (χ0) is 11.1. The first-order valence-corrected chi connectivity index (χ1v) is 6.86. The molecule has 1 heteroatoms. The predicted molar refractivity (Wildman–Crippen MR) is 66.0 cm³/mol. The smallest absolute Gasteiger partial charge is 0.0619 e. The van der Waals surface area contributed by atoms with Gasteiger partial charge in [0.1, 0.15) is 0 Å². The molecule has 1 rings (SSSR count). The van der Waals surface area contributed by atoms with E-state index in [2.05, 4.69) is 6.92 Å². The van der Waals surface area contributed by atoms with Crippen LogP contribution in [0.5, 0.6) is 0 Å². The Morgan fingerprint density at radius 1 is 1.13 bits per heavy atom. The van der Waals surface area contributed by atoms with Crippen molar-refractivity contribution in [3.63, 3.8) is 0 Å². The Morgan fingerprint density at radius 2 is 1.80 bits per heavy atom. The molecule has 0 aromatic carbocycles. The second kappa shape index (κ2) is 6.52. The molecule has 0 saturated heterocycles. The van der Waals surface area contributed by atoms with Crippen LogP contribution in [-0.4, -0.2) is 10.7 Å². The lowest BCUT2D eigenvalue weighted by atomic mass is 9.89. The van der Waals surface area contributed by atoms with E-state index >= 15 is 0 Å². The second-order valence-corrected chi connectivity index (χ2v) is 5.64. The molecule has 1 fully saturated rings. The molecule has 0 aromatic heterocycles. The maximum atomic E-state index is 10.2. The average molecular weight is 212 g/mol. The van der Waals surface area contributed by atoms with Crippen LogP contribution in [0.2, 0.25) is 0 Å². The highest BCUT2D eigenvalue weighted by atomic mass is 16.3. The average Bonchev–Trinajstić information content (AvgIpc) is 2.68. The molecule has 0 spiro atoms. The molecule has 0 radical (unpaired) electrons. The molecule has 90 valence electrons. The van der Waals surface area contributed by atoms with Crippen LogP contribution in [-0.2, 0) is 0 Å². The van der Waals surface area contributed by atoms with Crippen LogP contribution in [0.15, 0.2) is 0 Å². The van der Waals surface area contributed by atoms with E-state index in [0.29, 0.717) is 0 Å². The van der Waals surface area contributed by atoms with E-state index in [1.165, 1.54) is 51.4 Å². The van der Waals surface area contributed by atoms with Crippen LogP contribution in [0.4, 0.5) is 0 Å². The number of hydrogen-bond donors (Lipinski definition) is 1. The van der Waals surface area contributed by atoms with E-state index in [4.69, 9.17) is 0 Å². The van der Waals surface area contributed by atoms with Crippen molar-refractivity contribution in [2.24, 2.45) is 5.92 Å². The molecule has 0 aliphatic heterocycles. The fourth-order valence-corrected chi connectivity index (χ4v) is 2.69. The van der Waals surface area contributed by atoms with Crippen LogP contribution < -0.4 is 0 Å². The number of aliphatic hydroxyl groups is 1. The summed E-state index contributed by atoms with van der Waals surface area (Å²) in [6.45, 7) is 4.24. The van der Waals surface area contributed by atoms with Gasteiger partial charge in [-0.05, 0) is 32.1 Å². The quantitative estimate of drug-likeness (QED) is 0.624. The van der Waals surface area contributed by atoms with Crippen LogP contribution >= 0.6 is 0 Å². The number of hydrogen-bond acceptors (Lipinski definition) is 1. The van der Waals surface area contributed by atoms with Crippen molar-refractivity contribution in [1.82, 2.24) is 0 Å². The van der Waals surface area contributed by atoms with Crippen molar-refractivity contribution in [3.05, 3.63) is 0 Å². The zero-order valence-corrected chi connectivity index (χ0v) is 10.6. The lowest BCUT2D eigenvalue weighted by Crippen LogP contribution is -2.24. The molecular formula is C14H28O. The van der Waals surface area contributed by atoms with Gasteiger partial charge in [-0.25, -0.2) is 0 Å². The highest BCUT2D eigenvalue weighted by Crippen LogP contribution is 2.31. The van der Waals surface area contributed by atoms with Gasteiger partial charge in [0.2, 0.25) is 0 Å². The molecular weight excluding hydrogens is 184 g/mol. The SMILES string of the molecule is CCCCCC(C)(O)CCC1CCCC1. The summed E-state index contributed by atoms with van der Waals surface area (Å²) in [5, 5.41) is 10.2. The van der Waals surface area contributed by atoms with Gasteiger partial charge in [0.05, 0.1) is 5.60 Å². The van der Waals surface area contributed by atoms with Gasteiger partial charge in [0, 0.05) is 0 Å². The molecule has 1 unspecified atom stereocenters. The molecule has 1 atom stereocenters. The Kier molecular flexibility index (Phi) is 5.66. The highest BCUT2D eigenvalue weighted by Gasteiger charge is 2.23. The van der Waals surface area contributed by atoms with Crippen LogP contribution in [0, 0.1) is 5.92 Å². The summed E-state index contributed by atoms with van der Waals surface area (Å²) in [7, 11) is 0. The molecule has 0 heterocycles. The van der Waals surface area contributed by atoms with E-state index in [1.54, 1.807) is 0 Å². The molecule has 15 heavy (non-hydrogen) atoms. The first kappa shape index (κ1) is 13.0. The standard InChI is InChI=1S/C14H28O/c1-3-4-7-11-14(2,15)12-10-13-8-5-6-9-13/h13,15H,3-12H2,1-2H3. The molecule has 1 N–H and O–H groups in total. The Morgan fingerprint density at radius 3 is 2.40 bits per heavy atom. The minimum Gasteiger partial charge on any atom is -0.390 e. The van der Waals surface area contributed by atoms with Crippen molar-refractivity contribution in [1.29, 1.82) is 0 Å². The third-order valence-electron chi connectivity index (χ3n) is 3.88. The monoisotopic (exact) mass is 212 g/mol. The molecule has 1 aliphatic rings. The number of unbranched alkanes of at least 4 members (excludes halogenated alkanes) is 2. The van der Waals surface area contributed by atoms with E-state index in [1.807, 2.05) is 6.92 Å². The highest BCUT2D eigenvalue weighted by molar-refractivity contribution is 4.76. The first-order valence-electron chi connectivity index (χ1n) is 6.86. The van der Waals surface area contributed by atoms with E-state index < -0.39 is 5.60 Å². The lowest BCUT2D eigenvalue weighted by Gasteiger charge is -2.24. The summed E-state index contributed by atoms with van der Waals surface area (Å²) < 4.78 is 0. The van der Waals surface area contributed by atoms with Gasteiger partial charge in [-0.15, -0.1) is 0 Å². The van der Waals surface area contributed by atoms with Gasteiger partial charge in [0.25, 0.3) is 0 Å². The molecule has 0 bridgehead atoms. The summed E-state index contributed by atoms with van der Waals surface area (Å²) in [6, 6.07) is 0. The Bertz CT molecular complexity index is 157. The van der Waals surface area contributed by atoms with E-state index in [0.717, 1.165) is 18.8 Å². The third-order valence-corrected chi connectivity index (χ3v) is 3.88. The van der Waals surface area contributed by atoms with Crippen LogP contribution in [0.3, 0.4) is 0 Å². The molecule has 1 saturated carbocycles. The Balaban J connectivity index is 2.10. The van der Waals surface area contributed by atoms with Crippen LogP contribution in [0.25, 0.3) is 0 Å². The van der Waals surface area contributed by atoms with Crippen molar-refractivity contribution in [3.8, 4) is 0 Å². The Hall–Kier alpha value is -0.0400. The van der Waals surface area contributed by atoms with Gasteiger partial charge in [-0.3, -0.25) is 0 Å². The summed E-state index contributed by atoms with van der Waals surface area (Å²) in [6.07, 6.45) is 12.6. The summed E-state index contributed by atoms with van der Waals surface area (Å²) in [5.41, 5.74) is -0.391. The minimum absolute atomic E-state index is 0.391. The first-order chi connectivity index (χ1) is 7.14. The van der Waals surface area contributed by atoms with E-state index in [-0.39, 0.29) is 0 Å². The number of rotatable bonds is 7. The fourth-order valence-electron chi connectivity index (χ4n) is 2.69. The third kappa shape index (κ3) is 5.55. The second-order valence-electron chi connectivity index (χ2n) is 5.64. The van der Waals surface area contributed by atoms with Gasteiger partial charge >= 0.3 is 0 Å². The van der Waals surface area contributed by atoms with Crippen molar-refractivity contribution in [2.75, 3.05) is 0 Å². The molecule has 0 amide bonds. The zero-order valence-electron chi connectivity index (χ0n) is 10.6. The summed E-state index contributed by atoms with van der Waals surface area (Å²) in [5.74, 6) is 0.919. The van der Waals surface area contributed by atoms with Gasteiger partial charge < -0.3 is 5.11 Å². The van der Waals surface area contributed by atoms with Crippen molar-refractivity contribution < 1.29 is 5.11 Å². The fraction of sp³-hybridized carbons (Fsp3) is 1.00. The lowest BCUT2D eigenvalue weighted by molar-refractivity contribution is 0.0331. The van der Waals surface area contributed by atoms with Crippen LogP contribution in [0.1, 0.15) is 78.1 Å². The molecule has 1 aliphatic carbocycles. The minimum atomic E-state index is -0.391. The van der Waals surface area contributed by atoms with Crippen molar-refractivity contribution in [2.45, 2.75) is 83.7 Å². The maximum Gasteiger partial charge on any atom is 0.0619 e. The van der Waals surface area contributed by atoms with Gasteiger partial charge in [-0.1, -0.05) is 51.9 Å². The maximum absolute atomic E-state index is 10.2. The van der Waals surface area contributed by atoms with Crippen molar-refractivity contribution >= 4 is 0 Å². The summed E-state index contributed by atoms with van der Waals surface area (Å²) >= 11 is 0. The predicted octanol–water partition coefficient (Wildman–Crippen LogP) is 4.29. The normalized spacial score (nSPS) is 21.8. The molecule has 1 nitrogen and oxygen atoms in total. The molecule has 0 aromatic rings. The van der Waals surface area contributed by atoms with Gasteiger partial charge in [0.15, 0.2) is 0 Å². The Labute approximate surface area is 95.3 Å².